The number of hydrogen-bond donors (Lipinski definition) is 4. The van der Waals surface area contributed by atoms with Gasteiger partial charge in [0.05, 0.1) is 18.0 Å². The molecule has 1 fully saturated rings. The van der Waals surface area contributed by atoms with Crippen molar-refractivity contribution < 1.29 is 37.9 Å². The van der Waals surface area contributed by atoms with Gasteiger partial charge in [0.15, 0.2) is 0 Å². The molecule has 0 bridgehead atoms. The van der Waals surface area contributed by atoms with E-state index in [4.69, 9.17) is 5.73 Å². The van der Waals surface area contributed by atoms with E-state index in [1.54, 1.807) is 12.3 Å². The van der Waals surface area contributed by atoms with Crippen LogP contribution < -0.4 is 16.4 Å². The van der Waals surface area contributed by atoms with Gasteiger partial charge in [-0.25, -0.2) is 8.78 Å². The molecular formula is C43H58F2N6O6. The lowest BCUT2D eigenvalue weighted by atomic mass is 9.72. The Hall–Kier alpha value is -4.95. The molecule has 1 aliphatic rings. The van der Waals surface area contributed by atoms with Crippen molar-refractivity contribution in [2.45, 2.75) is 92.3 Å². The third-order valence-corrected chi connectivity index (χ3v) is 11.2. The summed E-state index contributed by atoms with van der Waals surface area (Å²) in [5.41, 5.74) is 7.10. The number of imide groups is 1. The molecule has 0 radical (unpaired) electrons. The number of nitrogens with one attached hydrogen (secondary N) is 2. The van der Waals surface area contributed by atoms with Crippen molar-refractivity contribution >= 4 is 29.5 Å². The number of benzene rings is 2. The van der Waals surface area contributed by atoms with Crippen LogP contribution in [0.3, 0.4) is 0 Å². The summed E-state index contributed by atoms with van der Waals surface area (Å²) in [4.78, 5) is 67.8. The molecule has 5 amide bonds. The normalized spacial score (nSPS) is 15.8. The van der Waals surface area contributed by atoms with E-state index in [1.165, 1.54) is 9.80 Å². The van der Waals surface area contributed by atoms with Crippen LogP contribution in [-0.2, 0) is 30.5 Å². The van der Waals surface area contributed by atoms with Crippen molar-refractivity contribution in [1.82, 2.24) is 25.0 Å². The number of carbonyl (C=O) groups is 5. The van der Waals surface area contributed by atoms with Crippen LogP contribution >= 0.6 is 0 Å². The molecular weight excluding hydrogens is 735 g/mol. The number of aromatic nitrogens is 1. The monoisotopic (exact) mass is 792 g/mol. The maximum Gasteiger partial charge on any atom is 0.248 e. The molecule has 0 spiro atoms. The molecule has 14 heteroatoms. The smallest absolute Gasteiger partial charge is 0.248 e. The van der Waals surface area contributed by atoms with E-state index < -0.39 is 53.5 Å². The van der Waals surface area contributed by atoms with Crippen LogP contribution in [0.5, 0.6) is 0 Å². The number of nitrogens with zero attached hydrogens (tertiary/aromatic N) is 3. The number of rotatable bonds is 19. The lowest BCUT2D eigenvalue weighted by Gasteiger charge is -2.42. The van der Waals surface area contributed by atoms with E-state index in [9.17, 15) is 33.5 Å². The van der Waals surface area contributed by atoms with Gasteiger partial charge in [-0.3, -0.25) is 28.9 Å². The van der Waals surface area contributed by atoms with Crippen LogP contribution in [0.4, 0.5) is 8.78 Å². The third-order valence-electron chi connectivity index (χ3n) is 11.2. The van der Waals surface area contributed by atoms with Gasteiger partial charge in [0.25, 0.3) is 0 Å². The molecule has 12 nitrogen and oxygen atoms in total. The summed E-state index contributed by atoms with van der Waals surface area (Å²) in [5.74, 6) is -3.66. The second-order valence-corrected chi connectivity index (χ2v) is 16.2. The van der Waals surface area contributed by atoms with Crippen LogP contribution in [0.15, 0.2) is 60.8 Å². The first kappa shape index (κ1) is 44.8. The van der Waals surface area contributed by atoms with Crippen LogP contribution in [0, 0.1) is 28.4 Å². The molecule has 2 heterocycles. The van der Waals surface area contributed by atoms with Gasteiger partial charge in [-0.05, 0) is 53.5 Å². The van der Waals surface area contributed by atoms with E-state index in [2.05, 4.69) is 10.6 Å². The Balaban J connectivity index is 1.47. The predicted octanol–water partition coefficient (Wildman–Crippen LogP) is 4.93. The van der Waals surface area contributed by atoms with Crippen molar-refractivity contribution in [3.05, 3.63) is 83.7 Å². The van der Waals surface area contributed by atoms with Crippen LogP contribution in [-0.4, -0.2) is 87.8 Å². The highest BCUT2D eigenvalue weighted by Crippen LogP contribution is 2.42. The Bertz CT molecular complexity index is 1890. The maximum atomic E-state index is 15.1. The van der Waals surface area contributed by atoms with Crippen molar-refractivity contribution in [1.29, 1.82) is 0 Å². The maximum absolute atomic E-state index is 15.1. The number of aliphatic hydroxyl groups is 1. The highest BCUT2D eigenvalue weighted by molar-refractivity contribution is 6.04. The molecule has 0 aliphatic carbocycles. The Morgan fingerprint density at radius 1 is 0.982 bits per heavy atom. The van der Waals surface area contributed by atoms with Gasteiger partial charge < -0.3 is 30.9 Å². The fourth-order valence-electron chi connectivity index (χ4n) is 7.60. The van der Waals surface area contributed by atoms with Crippen LogP contribution in [0.25, 0.3) is 11.1 Å². The van der Waals surface area contributed by atoms with Crippen LogP contribution in [0.1, 0.15) is 90.9 Å². The summed E-state index contributed by atoms with van der Waals surface area (Å²) in [6.07, 6.45) is 3.02. The third kappa shape index (κ3) is 11.1. The molecule has 4 rings (SSSR count). The van der Waals surface area contributed by atoms with E-state index in [-0.39, 0.29) is 74.2 Å². The minimum Gasteiger partial charge on any atom is -0.387 e. The average Bonchev–Trinajstić information content (AvgIpc) is 3.72. The molecule has 0 saturated carbocycles. The largest absolute Gasteiger partial charge is 0.387 e. The SMILES string of the molecule is CCC(C)(CC)C1CC(=O)N(CCNC(=O)CCC(=O)N[C@@H](CN)CN(C(=O)CO)[C@@H](c2cc(-c3cc(F)ccc3F)cn2Cc2ccccc2)C(C)(C)C)C1=O. The van der Waals surface area contributed by atoms with E-state index in [0.717, 1.165) is 36.6 Å². The second-order valence-electron chi connectivity index (χ2n) is 16.2. The van der Waals surface area contributed by atoms with Gasteiger partial charge in [0, 0.05) is 75.0 Å². The summed E-state index contributed by atoms with van der Waals surface area (Å²) < 4.78 is 31.3. The lowest BCUT2D eigenvalue weighted by Crippen LogP contribution is -2.53. The average molecular weight is 793 g/mol. The number of halogens is 2. The van der Waals surface area contributed by atoms with Crippen molar-refractivity contribution in [3.8, 4) is 11.1 Å². The number of nitrogens with two attached hydrogens (primary N) is 1. The highest BCUT2D eigenvalue weighted by Gasteiger charge is 2.47. The van der Waals surface area contributed by atoms with Crippen LogP contribution in [0.2, 0.25) is 0 Å². The topological polar surface area (TPSA) is 167 Å². The first-order valence-electron chi connectivity index (χ1n) is 19.7. The molecule has 1 unspecified atom stereocenters. The molecule has 3 atom stereocenters. The number of amides is 5. The quantitative estimate of drug-likeness (QED) is 0.125. The van der Waals surface area contributed by atoms with E-state index >= 15 is 4.39 Å². The summed E-state index contributed by atoms with van der Waals surface area (Å²) in [5, 5.41) is 15.7. The summed E-state index contributed by atoms with van der Waals surface area (Å²) >= 11 is 0. The molecule has 5 N–H and O–H groups in total. The van der Waals surface area contributed by atoms with Crippen molar-refractivity contribution in [2.75, 3.05) is 32.8 Å². The number of likely N-dealkylation sites (tertiary alicyclic amines) is 1. The molecule has 3 aromatic rings. The van der Waals surface area contributed by atoms with Gasteiger partial charge in [-0.1, -0.05) is 71.9 Å². The Kier molecular flexibility index (Phi) is 15.3. The molecule has 310 valence electrons. The minimum atomic E-state index is -0.839. The fourth-order valence-corrected chi connectivity index (χ4v) is 7.60. The number of carbonyl (C=O) groups excluding carboxylic acids is 5. The van der Waals surface area contributed by atoms with Gasteiger partial charge in [-0.15, -0.1) is 0 Å². The Labute approximate surface area is 334 Å². The zero-order chi connectivity index (χ0) is 42.1. The molecule has 2 aromatic carbocycles. The van der Waals surface area contributed by atoms with E-state index in [1.807, 2.05) is 76.4 Å². The van der Waals surface area contributed by atoms with Crippen molar-refractivity contribution in [3.63, 3.8) is 0 Å². The number of aliphatic hydroxyl groups excluding tert-OH is 1. The Morgan fingerprint density at radius 2 is 1.65 bits per heavy atom. The Morgan fingerprint density at radius 3 is 2.26 bits per heavy atom. The van der Waals surface area contributed by atoms with E-state index in [0.29, 0.717) is 17.8 Å². The molecule has 57 heavy (non-hydrogen) atoms. The first-order chi connectivity index (χ1) is 27.0. The van der Waals surface area contributed by atoms with Crippen molar-refractivity contribution in [2.24, 2.45) is 22.5 Å². The highest BCUT2D eigenvalue weighted by atomic mass is 19.1. The zero-order valence-electron chi connectivity index (χ0n) is 33.9. The first-order valence-corrected chi connectivity index (χ1v) is 19.7. The molecule has 1 aromatic heterocycles. The lowest BCUT2D eigenvalue weighted by molar-refractivity contribution is -0.141. The molecule has 1 aliphatic heterocycles. The summed E-state index contributed by atoms with van der Waals surface area (Å²) in [6.45, 7) is 11.2. The predicted molar refractivity (Wildman–Crippen MR) is 213 cm³/mol. The molecule has 1 saturated heterocycles. The van der Waals surface area contributed by atoms with Gasteiger partial charge >= 0.3 is 0 Å². The van der Waals surface area contributed by atoms with Gasteiger partial charge in [0.2, 0.25) is 29.5 Å². The zero-order valence-corrected chi connectivity index (χ0v) is 33.9. The number of hydrogen-bond acceptors (Lipinski definition) is 7. The van der Waals surface area contributed by atoms with Gasteiger partial charge in [0.1, 0.15) is 18.2 Å². The standard InChI is InChI=1S/C43H58F2N6O6/c1-7-43(6,8-2)33-22-38(55)50(41(33)57)19-18-47-36(53)16-17-37(54)48-31(23-46)26-51(39(56)27-52)40(42(3,4)5)35-20-29(32-21-30(44)14-15-34(32)45)25-49(35)24-28-12-10-9-11-13-28/h9-15,20-21,25,31,33,40,52H,7-8,16-19,22-24,26-27,46H2,1-6H3,(H,47,53)(H,48,54)/t31-,33?,40-/m0/s1. The fraction of sp³-hybridized carbons (Fsp3) is 0.512. The summed E-state index contributed by atoms with van der Waals surface area (Å²) in [7, 11) is 0. The minimum absolute atomic E-state index is 0.0436. The second kappa shape index (κ2) is 19.5. The summed E-state index contributed by atoms with van der Waals surface area (Å²) in [6, 6.07) is 12.9. The van der Waals surface area contributed by atoms with Gasteiger partial charge in [-0.2, -0.15) is 0 Å².